The zero-order chi connectivity index (χ0) is 24.2. The molecule has 10 nitrogen and oxygen atoms in total. The average Bonchev–Trinajstić information content (AvgIpc) is 3.23. The maximum atomic E-state index is 13.5. The second-order valence-corrected chi connectivity index (χ2v) is 8.44. The molecule has 1 amide bonds. The predicted octanol–water partition coefficient (Wildman–Crippen LogP) is 0.164. The number of anilines is 1. The Morgan fingerprint density at radius 2 is 2.00 bits per heavy atom. The van der Waals surface area contributed by atoms with E-state index in [9.17, 15) is 14.4 Å². The quantitative estimate of drug-likeness (QED) is 0.503. The highest BCUT2D eigenvalue weighted by Gasteiger charge is 2.26. The van der Waals surface area contributed by atoms with Crippen LogP contribution in [-0.2, 0) is 31.5 Å². The van der Waals surface area contributed by atoms with Crippen molar-refractivity contribution in [1.29, 1.82) is 0 Å². The van der Waals surface area contributed by atoms with Crippen molar-refractivity contribution >= 4 is 23.0 Å². The first-order valence-electron chi connectivity index (χ1n) is 11.3. The lowest BCUT2D eigenvalue weighted by atomic mass is 10.1. The van der Waals surface area contributed by atoms with Gasteiger partial charge in [0.25, 0.3) is 5.56 Å². The highest BCUT2D eigenvalue weighted by molar-refractivity contribution is 5.77. The van der Waals surface area contributed by atoms with Crippen LogP contribution in [0.5, 0.6) is 0 Å². The Bertz CT molecular complexity index is 1380. The fourth-order valence-electron chi connectivity index (χ4n) is 4.24. The summed E-state index contributed by atoms with van der Waals surface area (Å²) in [6.07, 6.45) is 1.84. The van der Waals surface area contributed by atoms with Crippen LogP contribution in [0.3, 0.4) is 0 Å². The Kier molecular flexibility index (Phi) is 6.84. The van der Waals surface area contributed by atoms with Crippen molar-refractivity contribution in [3.05, 3.63) is 56.7 Å². The summed E-state index contributed by atoms with van der Waals surface area (Å²) in [7, 11) is 1.55. The summed E-state index contributed by atoms with van der Waals surface area (Å²) in [5.41, 5.74) is 6.44. The highest BCUT2D eigenvalue weighted by atomic mass is 16.2. The number of fused-ring (bicyclic) bond motifs is 1. The predicted molar refractivity (Wildman–Crippen MR) is 130 cm³/mol. The Morgan fingerprint density at radius 1 is 1.24 bits per heavy atom. The van der Waals surface area contributed by atoms with Crippen LogP contribution in [0, 0.1) is 11.8 Å². The molecule has 0 spiro atoms. The number of hydrogen-bond donors (Lipinski definition) is 2. The van der Waals surface area contributed by atoms with Gasteiger partial charge >= 0.3 is 5.69 Å². The van der Waals surface area contributed by atoms with Crippen LogP contribution < -0.4 is 27.2 Å². The molecule has 10 heteroatoms. The minimum atomic E-state index is -0.597. The van der Waals surface area contributed by atoms with Gasteiger partial charge in [-0.25, -0.2) is 9.36 Å². The standard InChI is InChI=1S/C24H29N7O3/c1-3-4-13-30-20-21(27-23(30)29-12-8-11-18(25)15-29)28(2)24(34)31(22(20)33)16-19(32)26-14-17-9-6-5-7-10-17/h5-7,9-10,18H,8,11-16,25H2,1-2H3,(H,26,32). The van der Waals surface area contributed by atoms with Crippen molar-refractivity contribution in [2.24, 2.45) is 12.8 Å². The molecule has 3 aromatic rings. The third-order valence-electron chi connectivity index (χ3n) is 6.00. The van der Waals surface area contributed by atoms with E-state index < -0.39 is 17.2 Å². The molecular weight excluding hydrogens is 434 g/mol. The Hall–Kier alpha value is -3.84. The molecule has 34 heavy (non-hydrogen) atoms. The maximum absolute atomic E-state index is 13.5. The van der Waals surface area contributed by atoms with Gasteiger partial charge in [-0.3, -0.25) is 18.7 Å². The number of rotatable bonds is 6. The normalized spacial score (nSPS) is 15.7. The zero-order valence-electron chi connectivity index (χ0n) is 19.5. The fourth-order valence-corrected chi connectivity index (χ4v) is 4.24. The van der Waals surface area contributed by atoms with Crippen LogP contribution in [0.1, 0.15) is 25.3 Å². The third-order valence-corrected chi connectivity index (χ3v) is 6.00. The number of nitrogens with one attached hydrogen (secondary N) is 1. The smallest absolute Gasteiger partial charge is 0.332 e. The van der Waals surface area contributed by atoms with Crippen LogP contribution >= 0.6 is 0 Å². The van der Waals surface area contributed by atoms with Gasteiger partial charge in [-0.05, 0) is 25.3 Å². The molecule has 178 valence electrons. The van der Waals surface area contributed by atoms with Gasteiger partial charge in [-0.2, -0.15) is 4.98 Å². The second kappa shape index (κ2) is 9.97. The Balaban J connectivity index is 1.73. The van der Waals surface area contributed by atoms with Crippen molar-refractivity contribution in [2.45, 2.75) is 45.4 Å². The molecule has 1 fully saturated rings. The van der Waals surface area contributed by atoms with Gasteiger partial charge in [0, 0.05) is 32.7 Å². The van der Waals surface area contributed by atoms with E-state index in [2.05, 4.69) is 22.1 Å². The summed E-state index contributed by atoms with van der Waals surface area (Å²) in [6.45, 7) is 3.24. The van der Waals surface area contributed by atoms with Crippen molar-refractivity contribution in [1.82, 2.24) is 24.0 Å². The fraction of sp³-hybridized carbons (Fsp3) is 0.417. The maximum Gasteiger partial charge on any atom is 0.332 e. The monoisotopic (exact) mass is 463 g/mol. The Labute approximate surface area is 197 Å². The van der Waals surface area contributed by atoms with Gasteiger partial charge in [0.05, 0.1) is 6.54 Å². The molecule has 1 aliphatic rings. The van der Waals surface area contributed by atoms with E-state index in [1.165, 1.54) is 4.57 Å². The number of piperidine rings is 1. The molecule has 0 radical (unpaired) electrons. The second-order valence-electron chi connectivity index (χ2n) is 8.44. The number of aryl methyl sites for hydroxylation is 1. The molecule has 3 heterocycles. The lowest BCUT2D eigenvalue weighted by Crippen LogP contribution is -2.44. The van der Waals surface area contributed by atoms with Crippen molar-refractivity contribution in [2.75, 3.05) is 18.0 Å². The van der Waals surface area contributed by atoms with Gasteiger partial charge in [0.2, 0.25) is 11.9 Å². The summed E-state index contributed by atoms with van der Waals surface area (Å²) < 4.78 is 3.99. The van der Waals surface area contributed by atoms with Crippen LogP contribution in [-0.4, -0.2) is 43.7 Å². The summed E-state index contributed by atoms with van der Waals surface area (Å²) in [5, 5.41) is 2.77. The number of aromatic nitrogens is 4. The molecule has 1 aliphatic heterocycles. The molecule has 1 unspecified atom stereocenters. The Morgan fingerprint density at radius 3 is 2.71 bits per heavy atom. The van der Waals surface area contributed by atoms with Crippen molar-refractivity contribution < 1.29 is 4.79 Å². The molecule has 1 aromatic carbocycles. The van der Waals surface area contributed by atoms with Crippen molar-refractivity contribution in [3.8, 4) is 11.8 Å². The number of carbonyl (C=O) groups is 1. The largest absolute Gasteiger partial charge is 0.350 e. The minimum Gasteiger partial charge on any atom is -0.350 e. The number of nitrogens with zero attached hydrogens (tertiary/aromatic N) is 5. The van der Waals surface area contributed by atoms with Gasteiger partial charge in [0.1, 0.15) is 6.54 Å². The average molecular weight is 464 g/mol. The van der Waals surface area contributed by atoms with Crippen LogP contribution in [0.25, 0.3) is 11.2 Å². The zero-order valence-corrected chi connectivity index (χ0v) is 19.5. The molecule has 1 atom stereocenters. The van der Waals surface area contributed by atoms with E-state index >= 15 is 0 Å². The molecule has 4 rings (SSSR count). The molecule has 0 aliphatic carbocycles. The number of imidazole rings is 1. The van der Waals surface area contributed by atoms with Gasteiger partial charge in [0.15, 0.2) is 11.2 Å². The molecule has 2 aromatic heterocycles. The summed E-state index contributed by atoms with van der Waals surface area (Å²) in [6, 6.07) is 9.43. The first kappa shape index (κ1) is 23.3. The van der Waals surface area contributed by atoms with E-state index in [1.807, 2.05) is 35.2 Å². The number of hydrogen-bond acceptors (Lipinski definition) is 6. The van der Waals surface area contributed by atoms with Crippen molar-refractivity contribution in [3.63, 3.8) is 0 Å². The SMILES string of the molecule is CC#CCn1c(N2CCCC(N)C2)nc2c1c(=O)n(CC(=O)NCc1ccccc1)c(=O)n2C. The topological polar surface area (TPSA) is 120 Å². The molecule has 0 saturated carbocycles. The van der Waals surface area contributed by atoms with E-state index in [1.54, 1.807) is 18.5 Å². The van der Waals surface area contributed by atoms with Gasteiger partial charge in [-0.15, -0.1) is 5.92 Å². The molecular formula is C24H29N7O3. The van der Waals surface area contributed by atoms with E-state index in [0.717, 1.165) is 29.5 Å². The number of benzene rings is 1. The van der Waals surface area contributed by atoms with E-state index in [0.29, 0.717) is 19.0 Å². The lowest BCUT2D eigenvalue weighted by Gasteiger charge is -2.31. The van der Waals surface area contributed by atoms with E-state index in [4.69, 9.17) is 5.73 Å². The first-order chi connectivity index (χ1) is 16.4. The molecule has 0 bridgehead atoms. The third kappa shape index (κ3) is 4.61. The van der Waals surface area contributed by atoms with Crippen LogP contribution in [0.15, 0.2) is 39.9 Å². The lowest BCUT2D eigenvalue weighted by molar-refractivity contribution is -0.121. The summed E-state index contributed by atoms with van der Waals surface area (Å²) >= 11 is 0. The van der Waals surface area contributed by atoms with Gasteiger partial charge < -0.3 is 16.0 Å². The van der Waals surface area contributed by atoms with E-state index in [-0.39, 0.29) is 30.3 Å². The summed E-state index contributed by atoms with van der Waals surface area (Å²) in [4.78, 5) is 45.8. The highest BCUT2D eigenvalue weighted by Crippen LogP contribution is 2.22. The van der Waals surface area contributed by atoms with Crippen LogP contribution in [0.4, 0.5) is 5.95 Å². The number of carbonyl (C=O) groups excluding carboxylic acids is 1. The molecule has 3 N–H and O–H groups in total. The van der Waals surface area contributed by atoms with Crippen LogP contribution in [0.2, 0.25) is 0 Å². The number of nitrogens with two attached hydrogens (primary N) is 1. The first-order valence-corrected chi connectivity index (χ1v) is 11.3. The number of amides is 1. The molecule has 1 saturated heterocycles. The summed E-state index contributed by atoms with van der Waals surface area (Å²) in [5.74, 6) is 5.98. The minimum absolute atomic E-state index is 0.00746. The van der Waals surface area contributed by atoms with Gasteiger partial charge in [-0.1, -0.05) is 36.3 Å².